The first kappa shape index (κ1) is 24.5. The van der Waals surface area contributed by atoms with Crippen LogP contribution in [0.3, 0.4) is 0 Å². The summed E-state index contributed by atoms with van der Waals surface area (Å²) in [5, 5.41) is 5.96. The monoisotopic (exact) mass is 480 g/mol. The summed E-state index contributed by atoms with van der Waals surface area (Å²) in [6, 6.07) is 7.20. The van der Waals surface area contributed by atoms with E-state index in [1.54, 1.807) is 24.0 Å². The molecule has 35 heavy (non-hydrogen) atoms. The fourth-order valence-electron chi connectivity index (χ4n) is 4.53. The molecule has 3 amide bonds. The maximum Gasteiger partial charge on any atom is 0.291 e. The largest absolute Gasteiger partial charge is 0.492 e. The number of ether oxygens (including phenoxy) is 1. The normalized spacial score (nSPS) is 20.3. The van der Waals surface area contributed by atoms with Gasteiger partial charge in [0, 0.05) is 26.2 Å². The van der Waals surface area contributed by atoms with Crippen LogP contribution in [0.5, 0.6) is 5.75 Å². The van der Waals surface area contributed by atoms with Crippen molar-refractivity contribution in [3.8, 4) is 5.75 Å². The molecule has 4 rings (SSSR count). The van der Waals surface area contributed by atoms with Gasteiger partial charge in [-0.15, -0.1) is 0 Å². The van der Waals surface area contributed by atoms with E-state index in [1.807, 2.05) is 24.3 Å². The summed E-state index contributed by atoms with van der Waals surface area (Å²) in [5.41, 5.74) is 0.489. The van der Waals surface area contributed by atoms with E-state index in [9.17, 15) is 14.4 Å². The summed E-state index contributed by atoms with van der Waals surface area (Å²) in [4.78, 5) is 44.4. The molecule has 1 fully saturated rings. The van der Waals surface area contributed by atoms with Crippen LogP contribution in [-0.4, -0.2) is 60.4 Å². The van der Waals surface area contributed by atoms with Gasteiger partial charge in [-0.1, -0.05) is 24.3 Å². The van der Waals surface area contributed by atoms with E-state index < -0.39 is 5.41 Å². The van der Waals surface area contributed by atoms with Crippen molar-refractivity contribution < 1.29 is 23.5 Å². The predicted octanol–water partition coefficient (Wildman–Crippen LogP) is 2.87. The molecule has 1 spiro atoms. The molecule has 0 bridgehead atoms. The molecule has 9 nitrogen and oxygen atoms in total. The standard InChI is InChI=1S/C26H32N4O5/c1-19-22(35-18-29-19)24(32)30-15-11-26(12-16-30)10-5-2-6-17-34-21-9-4-3-8-20(21)23(31)27-13-7-14-28-25(26)33/h2-5,8-9,18H,6-7,10-17H2,1H3,(H,27,31)(H,28,33)/b5-2+. The lowest BCUT2D eigenvalue weighted by atomic mass is 9.74. The third-order valence-corrected chi connectivity index (χ3v) is 6.70. The number of carbonyl (C=O) groups excluding carboxylic acids is 3. The van der Waals surface area contributed by atoms with Crippen molar-refractivity contribution in [3.05, 3.63) is 59.8 Å². The lowest BCUT2D eigenvalue weighted by molar-refractivity contribution is -0.133. The Balaban J connectivity index is 1.43. The second kappa shape index (κ2) is 11.2. The number of likely N-dealkylation sites (tertiary alicyclic amines) is 1. The fraction of sp³-hybridized carbons (Fsp3) is 0.462. The van der Waals surface area contributed by atoms with E-state index >= 15 is 0 Å². The molecule has 0 atom stereocenters. The Morgan fingerprint density at radius 3 is 2.63 bits per heavy atom. The Morgan fingerprint density at radius 1 is 1.09 bits per heavy atom. The number of nitrogens with one attached hydrogen (secondary N) is 2. The minimum Gasteiger partial charge on any atom is -0.492 e. The van der Waals surface area contributed by atoms with E-state index in [4.69, 9.17) is 9.15 Å². The Morgan fingerprint density at radius 2 is 1.86 bits per heavy atom. The molecule has 2 N–H and O–H groups in total. The van der Waals surface area contributed by atoms with Crippen LogP contribution >= 0.6 is 0 Å². The number of piperidine rings is 1. The van der Waals surface area contributed by atoms with Gasteiger partial charge >= 0.3 is 0 Å². The molecule has 2 aromatic rings. The highest BCUT2D eigenvalue weighted by Gasteiger charge is 2.41. The maximum atomic E-state index is 13.3. The van der Waals surface area contributed by atoms with E-state index in [0.29, 0.717) is 81.9 Å². The number of hydrogen-bond donors (Lipinski definition) is 2. The van der Waals surface area contributed by atoms with Gasteiger partial charge < -0.3 is 24.7 Å². The van der Waals surface area contributed by atoms with Gasteiger partial charge in [-0.25, -0.2) is 4.98 Å². The van der Waals surface area contributed by atoms with Crippen molar-refractivity contribution in [2.45, 2.75) is 39.0 Å². The molecule has 1 saturated heterocycles. The lowest BCUT2D eigenvalue weighted by Gasteiger charge is -2.40. The number of para-hydroxylation sites is 1. The lowest BCUT2D eigenvalue weighted by Crippen LogP contribution is -2.50. The number of hydrogen-bond acceptors (Lipinski definition) is 6. The van der Waals surface area contributed by atoms with Crippen molar-refractivity contribution in [2.24, 2.45) is 5.41 Å². The number of fused-ring (bicyclic) bond motifs is 1. The quantitative estimate of drug-likeness (QED) is 0.607. The number of oxazole rings is 1. The number of aryl methyl sites for hydroxylation is 1. The van der Waals surface area contributed by atoms with Crippen molar-refractivity contribution in [3.63, 3.8) is 0 Å². The smallest absolute Gasteiger partial charge is 0.291 e. The second-order valence-electron chi connectivity index (χ2n) is 9.01. The van der Waals surface area contributed by atoms with Gasteiger partial charge in [-0.2, -0.15) is 0 Å². The number of allylic oxidation sites excluding steroid dienone is 1. The van der Waals surface area contributed by atoms with Crippen molar-refractivity contribution in [1.29, 1.82) is 0 Å². The van der Waals surface area contributed by atoms with Crippen molar-refractivity contribution >= 4 is 17.7 Å². The number of rotatable bonds is 1. The van der Waals surface area contributed by atoms with Gasteiger partial charge in [0.1, 0.15) is 5.75 Å². The van der Waals surface area contributed by atoms with Gasteiger partial charge in [0.15, 0.2) is 6.39 Å². The molecule has 0 aliphatic carbocycles. The fourth-order valence-corrected chi connectivity index (χ4v) is 4.53. The molecule has 186 valence electrons. The third kappa shape index (κ3) is 5.72. The molecule has 0 unspecified atom stereocenters. The average molecular weight is 481 g/mol. The highest BCUT2D eigenvalue weighted by atomic mass is 16.5. The van der Waals surface area contributed by atoms with Crippen LogP contribution < -0.4 is 15.4 Å². The Bertz CT molecular complexity index is 1080. The molecule has 0 saturated carbocycles. The zero-order chi connectivity index (χ0) is 24.7. The minimum atomic E-state index is -0.586. The van der Waals surface area contributed by atoms with Gasteiger partial charge in [0.2, 0.25) is 11.7 Å². The second-order valence-corrected chi connectivity index (χ2v) is 9.01. The zero-order valence-electron chi connectivity index (χ0n) is 20.0. The topological polar surface area (TPSA) is 114 Å². The summed E-state index contributed by atoms with van der Waals surface area (Å²) in [5.74, 6) is 0.434. The first-order chi connectivity index (χ1) is 17.0. The summed E-state index contributed by atoms with van der Waals surface area (Å²) in [7, 11) is 0. The molecule has 1 aromatic heterocycles. The van der Waals surface area contributed by atoms with Crippen LogP contribution in [0.4, 0.5) is 0 Å². The first-order valence-electron chi connectivity index (χ1n) is 12.1. The van der Waals surface area contributed by atoms with Crippen molar-refractivity contribution in [1.82, 2.24) is 20.5 Å². The molecule has 1 aromatic carbocycles. The Kier molecular flexibility index (Phi) is 7.84. The number of amides is 3. The van der Waals surface area contributed by atoms with E-state index in [1.165, 1.54) is 6.39 Å². The van der Waals surface area contributed by atoms with Crippen LogP contribution in [0, 0.1) is 12.3 Å². The highest BCUT2D eigenvalue weighted by Crippen LogP contribution is 2.36. The minimum absolute atomic E-state index is 0.00916. The molecule has 2 aliphatic rings. The van der Waals surface area contributed by atoms with Gasteiger partial charge in [-0.05, 0) is 51.2 Å². The van der Waals surface area contributed by atoms with Crippen LogP contribution in [0.1, 0.15) is 58.7 Å². The Labute approximate surface area is 204 Å². The maximum absolute atomic E-state index is 13.3. The number of nitrogens with zero attached hydrogens (tertiary/aromatic N) is 2. The van der Waals surface area contributed by atoms with E-state index in [2.05, 4.69) is 15.6 Å². The van der Waals surface area contributed by atoms with E-state index in [0.717, 1.165) is 0 Å². The van der Waals surface area contributed by atoms with Gasteiger partial charge in [0.25, 0.3) is 11.8 Å². The molecular formula is C26H32N4O5. The Hall–Kier alpha value is -3.62. The van der Waals surface area contributed by atoms with Crippen LogP contribution in [0.2, 0.25) is 0 Å². The molecule has 2 aliphatic heterocycles. The zero-order valence-corrected chi connectivity index (χ0v) is 20.0. The SMILES string of the molecule is Cc1ncoc1C(=O)N1CCC2(C/C=C/CCOc3ccccc3C(=O)NCCCNC2=O)CC1. The summed E-state index contributed by atoms with van der Waals surface area (Å²) in [6.07, 6.45) is 8.30. The van der Waals surface area contributed by atoms with Crippen LogP contribution in [-0.2, 0) is 4.79 Å². The van der Waals surface area contributed by atoms with Gasteiger partial charge in [-0.3, -0.25) is 14.4 Å². The van der Waals surface area contributed by atoms with Crippen LogP contribution in [0.15, 0.2) is 47.2 Å². The molecule has 3 heterocycles. The number of benzene rings is 1. The van der Waals surface area contributed by atoms with E-state index in [-0.39, 0.29) is 23.5 Å². The molecular weight excluding hydrogens is 448 g/mol. The molecule has 9 heteroatoms. The predicted molar refractivity (Wildman–Crippen MR) is 129 cm³/mol. The summed E-state index contributed by atoms with van der Waals surface area (Å²) in [6.45, 7) is 4.01. The average Bonchev–Trinajstić information content (AvgIpc) is 3.31. The third-order valence-electron chi connectivity index (χ3n) is 6.70. The summed E-state index contributed by atoms with van der Waals surface area (Å²) >= 11 is 0. The number of aromatic nitrogens is 1. The van der Waals surface area contributed by atoms with Gasteiger partial charge in [0.05, 0.1) is 23.3 Å². The van der Waals surface area contributed by atoms with Crippen LogP contribution in [0.25, 0.3) is 0 Å². The first-order valence-corrected chi connectivity index (χ1v) is 12.1. The van der Waals surface area contributed by atoms with Crippen molar-refractivity contribution in [2.75, 3.05) is 32.8 Å². The number of carbonyl (C=O) groups is 3. The summed E-state index contributed by atoms with van der Waals surface area (Å²) < 4.78 is 11.1. The highest BCUT2D eigenvalue weighted by molar-refractivity contribution is 5.97. The molecule has 0 radical (unpaired) electrons.